The van der Waals surface area contributed by atoms with E-state index < -0.39 is 24.2 Å². The summed E-state index contributed by atoms with van der Waals surface area (Å²) in [4.78, 5) is 11.8. The Hall–Kier alpha value is -1.73. The van der Waals surface area contributed by atoms with E-state index >= 15 is 0 Å². The Morgan fingerprint density at radius 1 is 1.45 bits per heavy atom. The van der Waals surface area contributed by atoms with Crippen LogP contribution in [0.5, 0.6) is 0 Å². The van der Waals surface area contributed by atoms with Crippen LogP contribution in [-0.2, 0) is 11.3 Å². The van der Waals surface area contributed by atoms with Gasteiger partial charge in [0.1, 0.15) is 12.2 Å². The molecule has 0 bridgehead atoms. The third-order valence-corrected chi connectivity index (χ3v) is 3.77. The van der Waals surface area contributed by atoms with Gasteiger partial charge >= 0.3 is 6.09 Å². The lowest BCUT2D eigenvalue weighted by Gasteiger charge is -2.33. The van der Waals surface area contributed by atoms with Crippen LogP contribution in [0.25, 0.3) is 0 Å². The van der Waals surface area contributed by atoms with Gasteiger partial charge in [-0.1, -0.05) is 30.3 Å². The SMILES string of the molecule is O=C(N[C@@H]1CNCCCC1(O)C(F)F)OCc1ccccc1. The van der Waals surface area contributed by atoms with Gasteiger partial charge in [-0.25, -0.2) is 13.6 Å². The third kappa shape index (κ3) is 4.14. The van der Waals surface area contributed by atoms with E-state index in [1.54, 1.807) is 24.3 Å². The standard InChI is InChI=1S/C15H20F2N2O3/c16-13(17)15(21)7-4-8-18-9-12(15)19-14(20)22-10-11-5-2-1-3-6-11/h1-3,5-6,12-13,18,21H,4,7-10H2,(H,19,20)/t12-,15?/m1/s1. The Morgan fingerprint density at radius 2 is 2.18 bits per heavy atom. The van der Waals surface area contributed by atoms with E-state index in [-0.39, 0.29) is 19.6 Å². The van der Waals surface area contributed by atoms with E-state index in [1.807, 2.05) is 6.07 Å². The van der Waals surface area contributed by atoms with Crippen LogP contribution in [0, 0.1) is 0 Å². The Bertz CT molecular complexity index is 487. The molecular formula is C15H20F2N2O3. The third-order valence-electron chi connectivity index (χ3n) is 3.77. The number of hydrogen-bond acceptors (Lipinski definition) is 4. The second-order valence-electron chi connectivity index (χ2n) is 5.36. The molecule has 1 aliphatic heterocycles. The molecule has 1 fully saturated rings. The molecule has 2 rings (SSSR count). The molecule has 22 heavy (non-hydrogen) atoms. The van der Waals surface area contributed by atoms with Crippen molar-refractivity contribution in [1.29, 1.82) is 0 Å². The Labute approximate surface area is 127 Å². The average molecular weight is 314 g/mol. The number of carbonyl (C=O) groups excluding carboxylic acids is 1. The Kier molecular flexibility index (Phi) is 5.68. The molecule has 7 heteroatoms. The molecule has 1 heterocycles. The van der Waals surface area contributed by atoms with Crippen molar-refractivity contribution in [3.05, 3.63) is 35.9 Å². The predicted octanol–water partition coefficient (Wildman–Crippen LogP) is 1.66. The summed E-state index contributed by atoms with van der Waals surface area (Å²) < 4.78 is 31.3. The first-order valence-electron chi connectivity index (χ1n) is 7.21. The number of benzene rings is 1. The smallest absolute Gasteiger partial charge is 0.407 e. The van der Waals surface area contributed by atoms with Crippen LogP contribution in [0.4, 0.5) is 13.6 Å². The van der Waals surface area contributed by atoms with Crippen molar-refractivity contribution >= 4 is 6.09 Å². The van der Waals surface area contributed by atoms with Gasteiger partial charge in [0.05, 0.1) is 6.04 Å². The van der Waals surface area contributed by atoms with Gasteiger partial charge in [-0.3, -0.25) is 0 Å². The topological polar surface area (TPSA) is 70.6 Å². The molecule has 122 valence electrons. The van der Waals surface area contributed by atoms with Gasteiger partial charge in [0.25, 0.3) is 6.43 Å². The quantitative estimate of drug-likeness (QED) is 0.790. The van der Waals surface area contributed by atoms with E-state index in [2.05, 4.69) is 10.6 Å². The second-order valence-corrected chi connectivity index (χ2v) is 5.36. The Balaban J connectivity index is 1.93. The summed E-state index contributed by atoms with van der Waals surface area (Å²) in [5.41, 5.74) is -1.45. The predicted molar refractivity (Wildman–Crippen MR) is 76.6 cm³/mol. The molecule has 0 radical (unpaired) electrons. The molecule has 1 aromatic rings. The van der Waals surface area contributed by atoms with Crippen molar-refractivity contribution < 1.29 is 23.4 Å². The summed E-state index contributed by atoms with van der Waals surface area (Å²) in [6, 6.07) is 7.93. The van der Waals surface area contributed by atoms with Gasteiger partial charge in [0.15, 0.2) is 0 Å². The van der Waals surface area contributed by atoms with Gasteiger partial charge < -0.3 is 20.5 Å². The van der Waals surface area contributed by atoms with Gasteiger partial charge in [-0.05, 0) is 24.9 Å². The maximum absolute atomic E-state index is 13.2. The number of amides is 1. The minimum absolute atomic E-state index is 0.0416. The molecule has 5 nitrogen and oxygen atoms in total. The van der Waals surface area contributed by atoms with E-state index in [1.165, 1.54) is 0 Å². The van der Waals surface area contributed by atoms with Gasteiger partial charge in [0.2, 0.25) is 0 Å². The highest BCUT2D eigenvalue weighted by Gasteiger charge is 2.46. The van der Waals surface area contributed by atoms with Crippen LogP contribution in [0.3, 0.4) is 0 Å². The largest absolute Gasteiger partial charge is 0.445 e. The second kappa shape index (κ2) is 7.51. The highest BCUT2D eigenvalue weighted by Crippen LogP contribution is 2.27. The maximum Gasteiger partial charge on any atom is 0.407 e. The summed E-state index contributed by atoms with van der Waals surface area (Å²) in [6.45, 7) is 0.632. The first-order valence-corrected chi connectivity index (χ1v) is 7.21. The van der Waals surface area contributed by atoms with E-state index in [0.29, 0.717) is 13.0 Å². The zero-order valence-corrected chi connectivity index (χ0v) is 12.1. The fourth-order valence-electron chi connectivity index (χ4n) is 2.44. The number of carbonyl (C=O) groups is 1. The molecule has 1 saturated heterocycles. The number of hydrogen-bond donors (Lipinski definition) is 3. The molecule has 1 aliphatic rings. The van der Waals surface area contributed by atoms with Crippen LogP contribution in [0.15, 0.2) is 30.3 Å². The number of nitrogens with one attached hydrogen (secondary N) is 2. The highest BCUT2D eigenvalue weighted by molar-refractivity contribution is 5.67. The van der Waals surface area contributed by atoms with Crippen LogP contribution >= 0.6 is 0 Å². The molecule has 1 aromatic carbocycles. The van der Waals surface area contributed by atoms with Crippen molar-refractivity contribution in [3.63, 3.8) is 0 Å². The summed E-state index contributed by atoms with van der Waals surface area (Å²) in [5, 5.41) is 15.4. The van der Waals surface area contributed by atoms with Gasteiger partial charge in [0, 0.05) is 6.54 Å². The van der Waals surface area contributed by atoms with E-state index in [4.69, 9.17) is 4.74 Å². The van der Waals surface area contributed by atoms with Gasteiger partial charge in [-0.2, -0.15) is 0 Å². The van der Waals surface area contributed by atoms with E-state index in [0.717, 1.165) is 5.56 Å². The number of alkyl halides is 2. The van der Waals surface area contributed by atoms with Crippen molar-refractivity contribution in [2.45, 2.75) is 37.5 Å². The molecule has 3 N–H and O–H groups in total. The normalized spacial score (nSPS) is 25.5. The monoisotopic (exact) mass is 314 g/mol. The number of rotatable bonds is 4. The van der Waals surface area contributed by atoms with Crippen LogP contribution in [-0.4, -0.2) is 42.4 Å². The summed E-state index contributed by atoms with van der Waals surface area (Å²) in [7, 11) is 0. The molecule has 0 aromatic heterocycles. The Morgan fingerprint density at radius 3 is 2.86 bits per heavy atom. The van der Waals surface area contributed by atoms with Crippen molar-refractivity contribution in [2.75, 3.05) is 13.1 Å². The van der Waals surface area contributed by atoms with Crippen LogP contribution < -0.4 is 10.6 Å². The number of ether oxygens (including phenoxy) is 1. The lowest BCUT2D eigenvalue weighted by molar-refractivity contribution is -0.118. The molecular weight excluding hydrogens is 294 g/mol. The minimum Gasteiger partial charge on any atom is -0.445 e. The number of halogens is 2. The lowest BCUT2D eigenvalue weighted by Crippen LogP contribution is -2.59. The van der Waals surface area contributed by atoms with Crippen molar-refractivity contribution in [3.8, 4) is 0 Å². The minimum atomic E-state index is -2.94. The molecule has 0 aliphatic carbocycles. The average Bonchev–Trinajstić information content (AvgIpc) is 2.70. The molecule has 0 saturated carbocycles. The zero-order valence-electron chi connectivity index (χ0n) is 12.1. The molecule has 0 spiro atoms. The fraction of sp³-hybridized carbons (Fsp3) is 0.533. The molecule has 1 unspecified atom stereocenters. The molecule has 2 atom stereocenters. The fourth-order valence-corrected chi connectivity index (χ4v) is 2.44. The van der Waals surface area contributed by atoms with Crippen LogP contribution in [0.1, 0.15) is 18.4 Å². The maximum atomic E-state index is 13.2. The summed E-state index contributed by atoms with van der Waals surface area (Å²) in [6.07, 6.45) is -3.43. The van der Waals surface area contributed by atoms with E-state index in [9.17, 15) is 18.7 Å². The summed E-state index contributed by atoms with van der Waals surface area (Å²) >= 11 is 0. The van der Waals surface area contributed by atoms with Gasteiger partial charge in [-0.15, -0.1) is 0 Å². The van der Waals surface area contributed by atoms with Crippen LogP contribution in [0.2, 0.25) is 0 Å². The summed E-state index contributed by atoms with van der Waals surface area (Å²) in [5.74, 6) is 0. The molecule has 1 amide bonds. The van der Waals surface area contributed by atoms with Crippen molar-refractivity contribution in [2.24, 2.45) is 0 Å². The highest BCUT2D eigenvalue weighted by atomic mass is 19.3. The van der Waals surface area contributed by atoms with Crippen molar-refractivity contribution in [1.82, 2.24) is 10.6 Å². The number of aliphatic hydroxyl groups is 1. The first kappa shape index (κ1) is 16.6. The lowest BCUT2D eigenvalue weighted by atomic mass is 9.90. The number of alkyl carbamates (subject to hydrolysis) is 1. The zero-order chi connectivity index (χ0) is 16.0. The first-order chi connectivity index (χ1) is 10.5.